The lowest BCUT2D eigenvalue weighted by molar-refractivity contribution is -0.380. The van der Waals surface area contributed by atoms with Crippen molar-refractivity contribution in [3.8, 4) is 0 Å². The van der Waals surface area contributed by atoms with Gasteiger partial charge in [-0.1, -0.05) is 41.7 Å². The fraction of sp³-hybridized carbons (Fsp3) is 0.154. The highest BCUT2D eigenvalue weighted by atomic mass is 32.1. The average Bonchev–Trinajstić information content (AvgIpc) is 2.89. The highest BCUT2D eigenvalue weighted by Crippen LogP contribution is 2.23. The molecule has 2 aromatic rings. The average molecular weight is 292 g/mol. The van der Waals surface area contributed by atoms with Gasteiger partial charge in [0, 0.05) is 18.0 Å². The molecule has 0 saturated carbocycles. The van der Waals surface area contributed by atoms with Gasteiger partial charge in [0.15, 0.2) is 0 Å². The van der Waals surface area contributed by atoms with Gasteiger partial charge in [0.2, 0.25) is 0 Å². The van der Waals surface area contributed by atoms with Gasteiger partial charge in [-0.15, -0.1) is 0 Å². The van der Waals surface area contributed by atoms with Crippen molar-refractivity contribution in [2.75, 3.05) is 0 Å². The van der Waals surface area contributed by atoms with Crippen LogP contribution in [0.25, 0.3) is 0 Å². The Bertz CT molecular complexity index is 612. The number of carboxylic acids is 1. The van der Waals surface area contributed by atoms with Crippen LogP contribution >= 0.6 is 11.3 Å². The summed E-state index contributed by atoms with van der Waals surface area (Å²) in [4.78, 5) is 21.4. The SMILES string of the molecule is O=C(O)C(NCc1csc([N+](=O)[O-])c1)c1ccccc1. The molecule has 0 bridgehead atoms. The second kappa shape index (κ2) is 6.27. The third-order valence-corrected chi connectivity index (χ3v) is 3.64. The summed E-state index contributed by atoms with van der Waals surface area (Å²) in [6, 6.07) is 9.40. The molecular formula is C13H12N2O4S. The van der Waals surface area contributed by atoms with Crippen molar-refractivity contribution >= 4 is 22.3 Å². The molecule has 0 amide bonds. The first kappa shape index (κ1) is 14.2. The molecule has 0 fully saturated rings. The van der Waals surface area contributed by atoms with Crippen LogP contribution in [0, 0.1) is 10.1 Å². The molecule has 6 nitrogen and oxygen atoms in total. The first-order valence-corrected chi connectivity index (χ1v) is 6.69. The van der Waals surface area contributed by atoms with E-state index >= 15 is 0 Å². The number of benzene rings is 1. The van der Waals surface area contributed by atoms with Gasteiger partial charge in [0.1, 0.15) is 6.04 Å². The summed E-state index contributed by atoms with van der Waals surface area (Å²) in [6.07, 6.45) is 0. The van der Waals surface area contributed by atoms with Gasteiger partial charge in [-0.2, -0.15) is 0 Å². The van der Waals surface area contributed by atoms with E-state index in [-0.39, 0.29) is 11.5 Å². The summed E-state index contributed by atoms with van der Waals surface area (Å²) in [6.45, 7) is 0.260. The quantitative estimate of drug-likeness (QED) is 0.630. The number of aliphatic carboxylic acids is 1. The molecule has 0 saturated heterocycles. The fourth-order valence-corrected chi connectivity index (χ4v) is 2.49. The summed E-state index contributed by atoms with van der Waals surface area (Å²) in [5, 5.41) is 24.4. The van der Waals surface area contributed by atoms with Crippen molar-refractivity contribution in [3.63, 3.8) is 0 Å². The van der Waals surface area contributed by atoms with Crippen LogP contribution in [0.3, 0.4) is 0 Å². The van der Waals surface area contributed by atoms with Crippen molar-refractivity contribution in [3.05, 3.63) is 63.0 Å². The zero-order valence-electron chi connectivity index (χ0n) is 10.4. The van der Waals surface area contributed by atoms with Crippen molar-refractivity contribution in [1.29, 1.82) is 0 Å². The maximum absolute atomic E-state index is 11.3. The first-order chi connectivity index (χ1) is 9.58. The first-order valence-electron chi connectivity index (χ1n) is 5.81. The third-order valence-electron chi connectivity index (χ3n) is 2.71. The number of rotatable bonds is 6. The van der Waals surface area contributed by atoms with Gasteiger partial charge in [-0.3, -0.25) is 20.2 Å². The zero-order valence-corrected chi connectivity index (χ0v) is 11.2. The van der Waals surface area contributed by atoms with E-state index in [0.29, 0.717) is 11.1 Å². The highest BCUT2D eigenvalue weighted by molar-refractivity contribution is 7.13. The summed E-state index contributed by atoms with van der Waals surface area (Å²) in [5.74, 6) is -0.985. The Morgan fingerprint density at radius 1 is 1.40 bits per heavy atom. The number of carboxylic acid groups (broad SMARTS) is 1. The maximum Gasteiger partial charge on any atom is 0.325 e. The monoisotopic (exact) mass is 292 g/mol. The number of thiophene rings is 1. The number of hydrogen-bond donors (Lipinski definition) is 2. The van der Waals surface area contributed by atoms with Gasteiger partial charge in [0.25, 0.3) is 0 Å². The van der Waals surface area contributed by atoms with E-state index in [9.17, 15) is 20.0 Å². The van der Waals surface area contributed by atoms with E-state index in [1.807, 2.05) is 6.07 Å². The van der Waals surface area contributed by atoms with Crippen LogP contribution in [-0.2, 0) is 11.3 Å². The Labute approximate surface area is 118 Å². The van der Waals surface area contributed by atoms with Crippen LogP contribution in [0.15, 0.2) is 41.8 Å². The molecule has 20 heavy (non-hydrogen) atoms. The molecule has 0 aliphatic rings. The number of nitrogens with one attached hydrogen (secondary N) is 1. The third kappa shape index (κ3) is 3.40. The molecule has 0 aliphatic carbocycles. The van der Waals surface area contributed by atoms with Crippen molar-refractivity contribution in [1.82, 2.24) is 5.32 Å². The summed E-state index contributed by atoms with van der Waals surface area (Å²) < 4.78 is 0. The van der Waals surface area contributed by atoms with Crippen molar-refractivity contribution < 1.29 is 14.8 Å². The van der Waals surface area contributed by atoms with Crippen LogP contribution in [-0.4, -0.2) is 16.0 Å². The summed E-state index contributed by atoms with van der Waals surface area (Å²) in [5.41, 5.74) is 1.34. The molecule has 1 unspecified atom stereocenters. The number of nitro groups is 1. The largest absolute Gasteiger partial charge is 0.480 e. The van der Waals surface area contributed by atoms with E-state index in [1.165, 1.54) is 6.07 Å². The van der Waals surface area contributed by atoms with Crippen molar-refractivity contribution in [2.24, 2.45) is 0 Å². The predicted molar refractivity (Wildman–Crippen MR) is 74.6 cm³/mol. The fourth-order valence-electron chi connectivity index (χ4n) is 1.76. The number of nitrogens with zero attached hydrogens (tertiary/aromatic N) is 1. The van der Waals surface area contributed by atoms with Gasteiger partial charge in [-0.05, 0) is 11.1 Å². The maximum atomic E-state index is 11.3. The van der Waals surface area contributed by atoms with Gasteiger partial charge in [-0.25, -0.2) is 0 Å². The molecule has 0 aliphatic heterocycles. The molecule has 1 aromatic carbocycles. The predicted octanol–water partition coefficient (Wildman–Crippen LogP) is 2.57. The lowest BCUT2D eigenvalue weighted by Gasteiger charge is -2.14. The molecule has 2 rings (SSSR count). The molecule has 104 valence electrons. The van der Waals surface area contributed by atoms with Crippen LogP contribution in [0.4, 0.5) is 5.00 Å². The highest BCUT2D eigenvalue weighted by Gasteiger charge is 2.19. The Morgan fingerprint density at radius 2 is 2.10 bits per heavy atom. The minimum atomic E-state index is -0.985. The minimum Gasteiger partial charge on any atom is -0.480 e. The van der Waals surface area contributed by atoms with Gasteiger partial charge in [0.05, 0.1) is 4.92 Å². The Kier molecular flexibility index (Phi) is 4.44. The van der Waals surface area contributed by atoms with Crippen LogP contribution in [0.5, 0.6) is 0 Å². The number of carbonyl (C=O) groups is 1. The van der Waals surface area contributed by atoms with Crippen LogP contribution in [0.1, 0.15) is 17.2 Å². The van der Waals surface area contributed by atoms with E-state index < -0.39 is 16.9 Å². The van der Waals surface area contributed by atoms with E-state index in [4.69, 9.17) is 0 Å². The Hall–Kier alpha value is -2.25. The molecule has 1 aromatic heterocycles. The molecule has 1 atom stereocenters. The summed E-state index contributed by atoms with van der Waals surface area (Å²) in [7, 11) is 0. The minimum absolute atomic E-state index is 0.0494. The van der Waals surface area contributed by atoms with E-state index in [1.54, 1.807) is 29.6 Å². The summed E-state index contributed by atoms with van der Waals surface area (Å²) >= 11 is 1.03. The lowest BCUT2D eigenvalue weighted by atomic mass is 10.1. The molecule has 1 heterocycles. The van der Waals surface area contributed by atoms with Gasteiger partial charge < -0.3 is 5.11 Å². The Balaban J connectivity index is 2.06. The van der Waals surface area contributed by atoms with Crippen molar-refractivity contribution in [2.45, 2.75) is 12.6 Å². The lowest BCUT2D eigenvalue weighted by Crippen LogP contribution is -2.27. The molecule has 2 N–H and O–H groups in total. The normalized spacial score (nSPS) is 12.0. The molecular weight excluding hydrogens is 280 g/mol. The van der Waals surface area contributed by atoms with E-state index in [0.717, 1.165) is 11.3 Å². The molecule has 0 spiro atoms. The van der Waals surface area contributed by atoms with Crippen LogP contribution < -0.4 is 5.32 Å². The second-order valence-corrected chi connectivity index (χ2v) is 5.00. The van der Waals surface area contributed by atoms with Gasteiger partial charge >= 0.3 is 11.0 Å². The topological polar surface area (TPSA) is 92.5 Å². The second-order valence-electron chi connectivity index (χ2n) is 4.11. The zero-order chi connectivity index (χ0) is 14.5. The molecule has 0 radical (unpaired) electrons. The standard InChI is InChI=1S/C13H12N2O4S/c16-13(17)12(10-4-2-1-3-5-10)14-7-9-6-11(15(18)19)20-8-9/h1-6,8,12,14H,7H2,(H,16,17). The van der Waals surface area contributed by atoms with E-state index in [2.05, 4.69) is 5.32 Å². The number of hydrogen-bond acceptors (Lipinski definition) is 5. The smallest absolute Gasteiger partial charge is 0.325 e. The molecule has 7 heteroatoms. The Morgan fingerprint density at radius 3 is 2.65 bits per heavy atom. The van der Waals surface area contributed by atoms with Crippen LogP contribution in [0.2, 0.25) is 0 Å².